The summed E-state index contributed by atoms with van der Waals surface area (Å²) in [6.45, 7) is 6.98. The zero-order valence-corrected chi connectivity index (χ0v) is 22.3. The Bertz CT molecular complexity index is 1140. The van der Waals surface area contributed by atoms with Gasteiger partial charge in [-0.25, -0.2) is 8.42 Å². The maximum atomic E-state index is 13.6. The maximum Gasteiger partial charge on any atom is 0.244 e. The van der Waals surface area contributed by atoms with Crippen molar-refractivity contribution in [2.45, 2.75) is 52.7 Å². The van der Waals surface area contributed by atoms with Crippen LogP contribution in [0.1, 0.15) is 38.3 Å². The van der Waals surface area contributed by atoms with Gasteiger partial charge in [-0.05, 0) is 56.5 Å². The molecule has 2 aromatic rings. The first kappa shape index (κ1) is 28.0. The van der Waals surface area contributed by atoms with Gasteiger partial charge in [-0.1, -0.05) is 54.4 Å². The molecule has 0 saturated carbocycles. The molecule has 0 aliphatic rings. The number of carbonyl (C=O) groups excluding carboxylic acids is 2. The quantitative estimate of drug-likeness (QED) is 0.495. The van der Waals surface area contributed by atoms with Crippen LogP contribution in [0.3, 0.4) is 0 Å². The van der Waals surface area contributed by atoms with Crippen LogP contribution >= 0.6 is 23.2 Å². The molecule has 2 aromatic carbocycles. The molecular formula is C24H31Cl2N3O4S. The summed E-state index contributed by atoms with van der Waals surface area (Å²) in [5, 5.41) is 3.30. The summed E-state index contributed by atoms with van der Waals surface area (Å²) in [6.07, 6.45) is 1.72. The fraction of sp³-hybridized carbons (Fsp3) is 0.417. The third kappa shape index (κ3) is 7.35. The molecule has 0 bridgehead atoms. The highest BCUT2D eigenvalue weighted by Crippen LogP contribution is 2.31. The summed E-state index contributed by atoms with van der Waals surface area (Å²) >= 11 is 12.3. The number of aryl methyl sites for hydroxylation is 1. The Morgan fingerprint density at radius 3 is 2.32 bits per heavy atom. The van der Waals surface area contributed by atoms with Crippen LogP contribution in [-0.2, 0) is 26.2 Å². The molecule has 34 heavy (non-hydrogen) atoms. The van der Waals surface area contributed by atoms with Crippen molar-refractivity contribution < 1.29 is 18.0 Å². The van der Waals surface area contributed by atoms with E-state index < -0.39 is 28.5 Å². The SMILES string of the molecule is CC[C@@H](C)NC(=O)[C@@H](C)N(Cc1ccccc1C)C(=O)CN(c1cc(Cl)ccc1Cl)S(C)(=O)=O. The van der Waals surface area contributed by atoms with E-state index in [0.29, 0.717) is 0 Å². The van der Waals surface area contributed by atoms with E-state index in [2.05, 4.69) is 5.32 Å². The molecule has 2 rings (SSSR count). The number of halogens is 2. The van der Waals surface area contributed by atoms with Crippen molar-refractivity contribution in [3.63, 3.8) is 0 Å². The summed E-state index contributed by atoms with van der Waals surface area (Å²) in [5.41, 5.74) is 1.90. The fourth-order valence-electron chi connectivity index (χ4n) is 3.29. The van der Waals surface area contributed by atoms with Gasteiger partial charge in [0, 0.05) is 17.6 Å². The molecule has 7 nitrogen and oxygen atoms in total. The Hall–Kier alpha value is -2.29. The largest absolute Gasteiger partial charge is 0.352 e. The van der Waals surface area contributed by atoms with Crippen molar-refractivity contribution in [3.05, 3.63) is 63.6 Å². The van der Waals surface area contributed by atoms with Crippen LogP contribution in [0, 0.1) is 6.92 Å². The van der Waals surface area contributed by atoms with Crippen molar-refractivity contribution in [2.24, 2.45) is 0 Å². The van der Waals surface area contributed by atoms with Gasteiger partial charge >= 0.3 is 0 Å². The molecule has 10 heteroatoms. The number of nitrogens with one attached hydrogen (secondary N) is 1. The van der Waals surface area contributed by atoms with Gasteiger partial charge in [0.05, 0.1) is 17.0 Å². The van der Waals surface area contributed by atoms with Crippen molar-refractivity contribution in [1.29, 1.82) is 0 Å². The summed E-state index contributed by atoms with van der Waals surface area (Å²) < 4.78 is 26.2. The van der Waals surface area contributed by atoms with Gasteiger partial charge in [0.15, 0.2) is 0 Å². The highest BCUT2D eigenvalue weighted by Gasteiger charge is 2.31. The lowest BCUT2D eigenvalue weighted by Gasteiger charge is -2.32. The maximum absolute atomic E-state index is 13.6. The number of rotatable bonds is 10. The van der Waals surface area contributed by atoms with Crippen LogP contribution < -0.4 is 9.62 Å². The Morgan fingerprint density at radius 1 is 1.09 bits per heavy atom. The predicted octanol–water partition coefficient (Wildman–Crippen LogP) is 4.40. The zero-order valence-electron chi connectivity index (χ0n) is 20.0. The molecule has 0 heterocycles. The summed E-state index contributed by atoms with van der Waals surface area (Å²) in [4.78, 5) is 27.8. The molecule has 2 atom stereocenters. The minimum absolute atomic E-state index is 0.0665. The number of hydrogen-bond acceptors (Lipinski definition) is 4. The number of sulfonamides is 1. The van der Waals surface area contributed by atoms with Gasteiger partial charge in [0.1, 0.15) is 12.6 Å². The van der Waals surface area contributed by atoms with Crippen LogP contribution in [0.15, 0.2) is 42.5 Å². The van der Waals surface area contributed by atoms with Crippen LogP contribution in [0.5, 0.6) is 0 Å². The number of amides is 2. The average Bonchev–Trinajstić information content (AvgIpc) is 2.77. The van der Waals surface area contributed by atoms with E-state index in [1.54, 1.807) is 6.92 Å². The van der Waals surface area contributed by atoms with Gasteiger partial charge in [-0.15, -0.1) is 0 Å². The van der Waals surface area contributed by atoms with Crippen molar-refractivity contribution in [2.75, 3.05) is 17.1 Å². The average molecular weight is 529 g/mol. The molecule has 2 amide bonds. The van der Waals surface area contributed by atoms with E-state index in [0.717, 1.165) is 28.1 Å². The van der Waals surface area contributed by atoms with E-state index in [-0.39, 0.29) is 34.2 Å². The molecule has 0 saturated heterocycles. The van der Waals surface area contributed by atoms with Gasteiger partial charge < -0.3 is 10.2 Å². The van der Waals surface area contributed by atoms with E-state index in [9.17, 15) is 18.0 Å². The molecule has 1 N–H and O–H groups in total. The second-order valence-corrected chi connectivity index (χ2v) is 11.1. The van der Waals surface area contributed by atoms with Gasteiger partial charge in [-0.2, -0.15) is 0 Å². The highest BCUT2D eigenvalue weighted by molar-refractivity contribution is 7.92. The van der Waals surface area contributed by atoms with Crippen molar-refractivity contribution >= 4 is 50.7 Å². The normalized spacial score (nSPS) is 13.1. The Morgan fingerprint density at radius 2 is 1.74 bits per heavy atom. The number of carbonyl (C=O) groups is 2. The van der Waals surface area contributed by atoms with Crippen LogP contribution in [0.25, 0.3) is 0 Å². The molecule has 0 aliphatic carbocycles. The smallest absolute Gasteiger partial charge is 0.244 e. The summed E-state index contributed by atoms with van der Waals surface area (Å²) in [6, 6.07) is 11.0. The van der Waals surface area contributed by atoms with E-state index in [4.69, 9.17) is 23.2 Å². The number of anilines is 1. The highest BCUT2D eigenvalue weighted by atomic mass is 35.5. The molecular weight excluding hydrogens is 497 g/mol. The Labute approximate surface area is 212 Å². The summed E-state index contributed by atoms with van der Waals surface area (Å²) in [7, 11) is -3.89. The topological polar surface area (TPSA) is 86.8 Å². The number of hydrogen-bond donors (Lipinski definition) is 1. The molecule has 0 aromatic heterocycles. The lowest BCUT2D eigenvalue weighted by Crippen LogP contribution is -2.52. The zero-order chi connectivity index (χ0) is 25.6. The third-order valence-electron chi connectivity index (χ3n) is 5.63. The second-order valence-electron chi connectivity index (χ2n) is 8.31. The number of benzene rings is 2. The molecule has 0 aliphatic heterocycles. The first-order valence-electron chi connectivity index (χ1n) is 10.9. The molecule has 0 radical (unpaired) electrons. The van der Waals surface area contributed by atoms with Gasteiger partial charge in [0.2, 0.25) is 21.8 Å². The lowest BCUT2D eigenvalue weighted by molar-refractivity contribution is -0.139. The van der Waals surface area contributed by atoms with E-state index in [1.165, 1.54) is 23.1 Å². The second kappa shape index (κ2) is 11.9. The predicted molar refractivity (Wildman–Crippen MR) is 138 cm³/mol. The molecule has 0 spiro atoms. The van der Waals surface area contributed by atoms with Crippen LogP contribution in [0.4, 0.5) is 5.69 Å². The van der Waals surface area contributed by atoms with Crippen LogP contribution in [-0.4, -0.2) is 50.0 Å². The first-order chi connectivity index (χ1) is 15.8. The summed E-state index contributed by atoms with van der Waals surface area (Å²) in [5.74, 6) is -0.862. The minimum atomic E-state index is -3.89. The standard InChI is InChI=1S/C24H31Cl2N3O4S/c1-6-17(3)27-24(31)18(4)28(14-19-10-8-7-9-16(19)2)23(30)15-29(34(5,32)33)22-13-20(25)11-12-21(22)26/h7-13,17-18H,6,14-15H2,1-5H3,(H,27,31)/t17-,18-/m1/s1. The van der Waals surface area contributed by atoms with Gasteiger partial charge in [-0.3, -0.25) is 13.9 Å². The minimum Gasteiger partial charge on any atom is -0.352 e. The lowest BCUT2D eigenvalue weighted by atomic mass is 10.1. The van der Waals surface area contributed by atoms with E-state index in [1.807, 2.05) is 45.0 Å². The van der Waals surface area contributed by atoms with Crippen molar-refractivity contribution in [3.8, 4) is 0 Å². The third-order valence-corrected chi connectivity index (χ3v) is 7.31. The van der Waals surface area contributed by atoms with Crippen LogP contribution in [0.2, 0.25) is 10.0 Å². The molecule has 0 fully saturated rings. The van der Waals surface area contributed by atoms with E-state index >= 15 is 0 Å². The Kier molecular flexibility index (Phi) is 9.79. The molecule has 0 unspecified atom stereocenters. The van der Waals surface area contributed by atoms with Gasteiger partial charge in [0.25, 0.3) is 0 Å². The fourth-order valence-corrected chi connectivity index (χ4v) is 4.58. The Balaban J connectivity index is 2.45. The first-order valence-corrected chi connectivity index (χ1v) is 13.5. The molecule has 186 valence electrons. The monoisotopic (exact) mass is 527 g/mol. The number of nitrogens with zero attached hydrogens (tertiary/aromatic N) is 2. The van der Waals surface area contributed by atoms with Crippen molar-refractivity contribution in [1.82, 2.24) is 10.2 Å².